The lowest BCUT2D eigenvalue weighted by atomic mass is 9.79. The Labute approximate surface area is 289 Å². The Bertz CT molecular complexity index is 1180. The van der Waals surface area contributed by atoms with Gasteiger partial charge in [-0.25, -0.2) is 13.1 Å². The van der Waals surface area contributed by atoms with E-state index < -0.39 is 34.2 Å². The summed E-state index contributed by atoms with van der Waals surface area (Å²) in [7, 11) is -1.27. The molecule has 9 atom stereocenters. The zero-order valence-corrected chi connectivity index (χ0v) is 30.3. The minimum absolute atomic E-state index is 0.0440. The topological polar surface area (TPSA) is 143 Å². The molecule has 5 fully saturated rings. The highest BCUT2D eigenvalue weighted by Crippen LogP contribution is 2.36. The summed E-state index contributed by atoms with van der Waals surface area (Å²) in [5.41, 5.74) is 0. The van der Waals surface area contributed by atoms with Crippen LogP contribution in [0.4, 0.5) is 0 Å². The zero-order chi connectivity index (χ0) is 34.1. The van der Waals surface area contributed by atoms with Gasteiger partial charge in [-0.1, -0.05) is 43.9 Å². The molecule has 0 spiro atoms. The number of aliphatic hydroxyl groups excluding tert-OH is 2. The quantitative estimate of drug-likeness (QED) is 0.145. The lowest BCUT2D eigenvalue weighted by Gasteiger charge is -2.41. The Hall–Kier alpha value is -1.30. The Balaban J connectivity index is 1.11. The minimum Gasteiger partial charge on any atom is -0.394 e. The van der Waals surface area contributed by atoms with E-state index in [1.165, 1.54) is 32.1 Å². The van der Waals surface area contributed by atoms with E-state index in [2.05, 4.69) is 39.1 Å². The smallest absolute Gasteiger partial charge is 0.240 e. The van der Waals surface area contributed by atoms with Crippen molar-refractivity contribution in [3.63, 3.8) is 0 Å². The fraction of sp³-hybridized carbons (Fsp3) is 0.917. The predicted molar refractivity (Wildman–Crippen MR) is 187 cm³/mol. The van der Waals surface area contributed by atoms with E-state index in [1.807, 2.05) is 0 Å². The van der Waals surface area contributed by atoms with E-state index in [-0.39, 0.29) is 42.2 Å². The number of hydroxylamine groups is 2. The van der Waals surface area contributed by atoms with Crippen LogP contribution in [0.2, 0.25) is 0 Å². The van der Waals surface area contributed by atoms with Crippen molar-refractivity contribution in [1.29, 1.82) is 0 Å². The molecule has 5 unspecified atom stereocenters. The Kier molecular flexibility index (Phi) is 14.4. The molecule has 1 amide bonds. The lowest BCUT2D eigenvalue weighted by Crippen LogP contribution is -2.56. The summed E-state index contributed by atoms with van der Waals surface area (Å²) in [4.78, 5) is 22.2. The summed E-state index contributed by atoms with van der Waals surface area (Å²) < 4.78 is 29.2. The first kappa shape index (κ1) is 37.9. The maximum atomic E-state index is 13.6. The Morgan fingerprint density at radius 2 is 1.83 bits per heavy atom. The van der Waals surface area contributed by atoms with Crippen LogP contribution in [0.15, 0.2) is 0 Å². The molecule has 11 nitrogen and oxygen atoms in total. The molecule has 5 N–H and O–H groups in total. The number of carbonyl (C=O) groups is 1. The van der Waals surface area contributed by atoms with Crippen molar-refractivity contribution in [2.75, 3.05) is 46.4 Å². The molecule has 2 saturated heterocycles. The minimum atomic E-state index is -3.46. The van der Waals surface area contributed by atoms with Crippen LogP contribution >= 0.6 is 0 Å². The molecule has 5 rings (SSSR count). The average Bonchev–Trinajstić information content (AvgIpc) is 3.47. The van der Waals surface area contributed by atoms with Gasteiger partial charge >= 0.3 is 0 Å². The number of aliphatic hydroxyl groups is 2. The summed E-state index contributed by atoms with van der Waals surface area (Å²) in [5, 5.41) is 28.7. The molecule has 2 heterocycles. The fourth-order valence-electron chi connectivity index (χ4n) is 9.37. The molecule has 12 heteroatoms. The normalized spacial score (nSPS) is 34.3. The van der Waals surface area contributed by atoms with E-state index in [9.17, 15) is 23.4 Å². The van der Waals surface area contributed by atoms with Crippen LogP contribution in [0.25, 0.3) is 0 Å². The number of amides is 1. The number of fused-ring (bicyclic) bond motifs is 1. The first-order chi connectivity index (χ1) is 23.2. The zero-order valence-electron chi connectivity index (χ0n) is 29.5. The van der Waals surface area contributed by atoms with Gasteiger partial charge in [0.15, 0.2) is 0 Å². The highest BCUT2D eigenvalue weighted by atomic mass is 32.2. The van der Waals surface area contributed by atoms with Crippen LogP contribution in [-0.4, -0.2) is 116 Å². The van der Waals surface area contributed by atoms with E-state index in [1.54, 1.807) is 12.0 Å². The maximum absolute atomic E-state index is 13.6. The molecule has 274 valence electrons. The maximum Gasteiger partial charge on any atom is 0.240 e. The van der Waals surface area contributed by atoms with Crippen molar-refractivity contribution < 1.29 is 28.3 Å². The second-order valence-electron chi connectivity index (χ2n) is 15.4. The fourth-order valence-corrected chi connectivity index (χ4v) is 11.0. The first-order valence-corrected chi connectivity index (χ1v) is 20.6. The van der Waals surface area contributed by atoms with Crippen molar-refractivity contribution in [2.45, 2.75) is 139 Å². The standard InChI is InChI=1S/C36H63N5O6S/c1-26(43)33-31(25-42)47-41(35(33)36(44)38-20-10-22-40(2)30-16-4-3-5-17-30)24-28-12-6-11-27(23-28)13-8-21-39-48(45,46)32-18-7-14-29-15-9-19-37-34(29)32/h26-35,37,39,42-43H,3-7,9-12,14-25H2,1-2H3,(H,38,44)/t26-,27?,28?,29?,31-,32?,33+,34?,35-/m1/s1. The third kappa shape index (κ3) is 9.93. The largest absolute Gasteiger partial charge is 0.394 e. The van der Waals surface area contributed by atoms with E-state index in [4.69, 9.17) is 4.84 Å². The highest BCUT2D eigenvalue weighted by Gasteiger charge is 2.49. The number of sulfonamides is 1. The Morgan fingerprint density at radius 1 is 1.06 bits per heavy atom. The highest BCUT2D eigenvalue weighted by molar-refractivity contribution is 7.90. The molecule has 0 aromatic carbocycles. The summed E-state index contributed by atoms with van der Waals surface area (Å²) in [6.45, 7) is 4.42. The molecular weight excluding hydrogens is 630 g/mol. The number of rotatable bonds is 13. The third-order valence-electron chi connectivity index (χ3n) is 12.0. The van der Waals surface area contributed by atoms with Crippen LogP contribution < -0.4 is 15.4 Å². The van der Waals surface area contributed by atoms with Crippen LogP contribution in [0, 0.1) is 35.5 Å². The monoisotopic (exact) mass is 693 g/mol. The van der Waals surface area contributed by atoms with Crippen LogP contribution in [-0.2, 0) is 19.7 Å². The molecule has 0 aromatic heterocycles. The van der Waals surface area contributed by atoms with Crippen molar-refractivity contribution in [1.82, 2.24) is 25.3 Å². The van der Waals surface area contributed by atoms with Gasteiger partial charge in [-0.2, -0.15) is 5.06 Å². The third-order valence-corrected chi connectivity index (χ3v) is 13.8. The van der Waals surface area contributed by atoms with Gasteiger partial charge in [-0.15, -0.1) is 0 Å². The number of nitrogens with zero attached hydrogens (tertiary/aromatic N) is 2. The van der Waals surface area contributed by atoms with E-state index in [0.29, 0.717) is 31.5 Å². The molecule has 0 bridgehead atoms. The van der Waals surface area contributed by atoms with Gasteiger partial charge in [0.05, 0.1) is 24.5 Å². The van der Waals surface area contributed by atoms with Gasteiger partial charge in [-0.3, -0.25) is 9.63 Å². The molecule has 0 aromatic rings. The van der Waals surface area contributed by atoms with Crippen molar-refractivity contribution in [3.8, 4) is 11.8 Å². The summed E-state index contributed by atoms with van der Waals surface area (Å²) in [5.74, 6) is 6.59. The summed E-state index contributed by atoms with van der Waals surface area (Å²) >= 11 is 0. The summed E-state index contributed by atoms with van der Waals surface area (Å²) in [6, 6.07) is -0.00501. The van der Waals surface area contributed by atoms with Crippen LogP contribution in [0.5, 0.6) is 0 Å². The van der Waals surface area contributed by atoms with Crippen molar-refractivity contribution >= 4 is 15.9 Å². The molecular formula is C36H63N5O6S. The predicted octanol–water partition coefficient (Wildman–Crippen LogP) is 2.38. The van der Waals surface area contributed by atoms with Gasteiger partial charge in [0.1, 0.15) is 12.1 Å². The second-order valence-corrected chi connectivity index (χ2v) is 17.4. The SMILES string of the molecule is C[C@@H](O)[C@H]1[C@@H](CO)ON(CC2CCCC(C#CCNS(=O)(=O)C3CCCC4CCCNC43)C2)[C@H]1C(=O)NCCCN(C)C1CCCCC1. The second kappa shape index (κ2) is 18.3. The van der Waals surface area contributed by atoms with Gasteiger partial charge in [-0.05, 0) is 103 Å². The van der Waals surface area contributed by atoms with Gasteiger partial charge < -0.3 is 25.7 Å². The molecule has 0 radical (unpaired) electrons. The van der Waals surface area contributed by atoms with Crippen molar-refractivity contribution in [2.24, 2.45) is 23.7 Å². The van der Waals surface area contributed by atoms with Crippen LogP contribution in [0.1, 0.15) is 103 Å². The number of hydrogen-bond acceptors (Lipinski definition) is 9. The van der Waals surface area contributed by atoms with Crippen LogP contribution in [0.3, 0.4) is 0 Å². The Morgan fingerprint density at radius 3 is 2.60 bits per heavy atom. The molecule has 48 heavy (non-hydrogen) atoms. The number of hydrogen-bond donors (Lipinski definition) is 5. The number of piperidine rings is 1. The molecule has 5 aliphatic rings. The molecule has 2 aliphatic heterocycles. The van der Waals surface area contributed by atoms with E-state index >= 15 is 0 Å². The lowest BCUT2D eigenvalue weighted by molar-refractivity contribution is -0.183. The van der Waals surface area contributed by atoms with Gasteiger partial charge in [0.25, 0.3) is 0 Å². The number of carbonyl (C=O) groups excluding carboxylic acids is 1. The first-order valence-electron chi connectivity index (χ1n) is 19.1. The molecule has 3 aliphatic carbocycles. The van der Waals surface area contributed by atoms with E-state index in [0.717, 1.165) is 70.9 Å². The van der Waals surface area contributed by atoms with Crippen molar-refractivity contribution in [3.05, 3.63) is 0 Å². The number of nitrogens with one attached hydrogen (secondary N) is 3. The van der Waals surface area contributed by atoms with Gasteiger partial charge in [0, 0.05) is 37.0 Å². The summed E-state index contributed by atoms with van der Waals surface area (Å²) in [6.07, 6.45) is 14.6. The molecule has 3 saturated carbocycles. The van der Waals surface area contributed by atoms with Gasteiger partial charge in [0.2, 0.25) is 15.9 Å². The average molecular weight is 694 g/mol.